The molecule has 0 aliphatic carbocycles. The number of furan rings is 1. The van der Waals surface area contributed by atoms with Crippen molar-refractivity contribution in [2.24, 2.45) is 0 Å². The lowest BCUT2D eigenvalue weighted by molar-refractivity contribution is 0.583. The first-order valence-corrected chi connectivity index (χ1v) is 6.04. The van der Waals surface area contributed by atoms with Crippen LogP contribution in [0.5, 0.6) is 0 Å². The quantitative estimate of drug-likeness (QED) is 0.613. The molecule has 0 fully saturated rings. The summed E-state index contributed by atoms with van der Waals surface area (Å²) in [5, 5.41) is 0. The standard InChI is InChI=1S/C17H14O/c1-13-6-5-9-15(10-13)17-11-16(12-18-17)14-7-3-2-4-8-14/h2-12H,1H3. The number of aryl methyl sites for hydroxylation is 1. The van der Waals surface area contributed by atoms with Gasteiger partial charge in [-0.1, -0.05) is 54.1 Å². The molecule has 0 amide bonds. The zero-order valence-corrected chi connectivity index (χ0v) is 10.3. The SMILES string of the molecule is Cc1cccc(-c2cc(-c3ccccc3)co2)c1. The highest BCUT2D eigenvalue weighted by Gasteiger charge is 2.05. The first-order valence-electron chi connectivity index (χ1n) is 6.04. The van der Waals surface area contributed by atoms with E-state index in [0.29, 0.717) is 0 Å². The van der Waals surface area contributed by atoms with Gasteiger partial charge >= 0.3 is 0 Å². The lowest BCUT2D eigenvalue weighted by Crippen LogP contribution is -1.75. The molecule has 2 aromatic carbocycles. The molecule has 0 aliphatic heterocycles. The van der Waals surface area contributed by atoms with E-state index in [1.807, 2.05) is 24.5 Å². The van der Waals surface area contributed by atoms with E-state index in [1.165, 1.54) is 11.1 Å². The van der Waals surface area contributed by atoms with Gasteiger partial charge in [0.25, 0.3) is 0 Å². The highest BCUT2D eigenvalue weighted by atomic mass is 16.3. The third-order valence-corrected chi connectivity index (χ3v) is 3.01. The molecule has 0 saturated heterocycles. The molecule has 0 saturated carbocycles. The van der Waals surface area contributed by atoms with Crippen molar-refractivity contribution < 1.29 is 4.42 Å². The summed E-state index contributed by atoms with van der Waals surface area (Å²) < 4.78 is 5.66. The van der Waals surface area contributed by atoms with Gasteiger partial charge in [-0.2, -0.15) is 0 Å². The molecule has 1 heteroatoms. The summed E-state index contributed by atoms with van der Waals surface area (Å²) in [4.78, 5) is 0. The van der Waals surface area contributed by atoms with Crippen molar-refractivity contribution in [3.05, 3.63) is 72.5 Å². The normalized spacial score (nSPS) is 10.5. The minimum atomic E-state index is 0.914. The Labute approximate surface area is 107 Å². The van der Waals surface area contributed by atoms with Crippen LogP contribution in [-0.4, -0.2) is 0 Å². The predicted molar refractivity (Wildman–Crippen MR) is 74.3 cm³/mol. The van der Waals surface area contributed by atoms with Crippen LogP contribution in [0.3, 0.4) is 0 Å². The molecule has 18 heavy (non-hydrogen) atoms. The Morgan fingerprint density at radius 2 is 1.50 bits per heavy atom. The minimum absolute atomic E-state index is 0.914. The van der Waals surface area contributed by atoms with Gasteiger partial charge in [-0.15, -0.1) is 0 Å². The first kappa shape index (κ1) is 10.8. The van der Waals surface area contributed by atoms with E-state index in [4.69, 9.17) is 4.42 Å². The average Bonchev–Trinajstić information content (AvgIpc) is 2.89. The number of hydrogen-bond acceptors (Lipinski definition) is 1. The highest BCUT2D eigenvalue weighted by molar-refractivity contribution is 5.69. The van der Waals surface area contributed by atoms with E-state index in [2.05, 4.69) is 49.4 Å². The van der Waals surface area contributed by atoms with Gasteiger partial charge in [0.15, 0.2) is 0 Å². The second-order valence-electron chi connectivity index (χ2n) is 4.44. The Hall–Kier alpha value is -2.28. The molecule has 0 atom stereocenters. The maximum atomic E-state index is 5.66. The van der Waals surface area contributed by atoms with Crippen molar-refractivity contribution in [2.45, 2.75) is 6.92 Å². The number of benzene rings is 2. The Morgan fingerprint density at radius 3 is 2.28 bits per heavy atom. The van der Waals surface area contributed by atoms with Crippen LogP contribution < -0.4 is 0 Å². The lowest BCUT2D eigenvalue weighted by Gasteiger charge is -1.97. The summed E-state index contributed by atoms with van der Waals surface area (Å²) in [5.41, 5.74) is 4.66. The van der Waals surface area contributed by atoms with Gasteiger partial charge in [0.1, 0.15) is 5.76 Å². The fourth-order valence-corrected chi connectivity index (χ4v) is 2.07. The summed E-state index contributed by atoms with van der Waals surface area (Å²) >= 11 is 0. The van der Waals surface area contributed by atoms with Crippen LogP contribution in [0.4, 0.5) is 0 Å². The third kappa shape index (κ3) is 2.07. The fourth-order valence-electron chi connectivity index (χ4n) is 2.07. The second-order valence-corrected chi connectivity index (χ2v) is 4.44. The van der Waals surface area contributed by atoms with E-state index in [0.717, 1.165) is 16.9 Å². The molecule has 0 aliphatic rings. The smallest absolute Gasteiger partial charge is 0.134 e. The minimum Gasteiger partial charge on any atom is -0.464 e. The molecule has 0 unspecified atom stereocenters. The zero-order chi connectivity index (χ0) is 12.4. The van der Waals surface area contributed by atoms with Crippen LogP contribution in [0.25, 0.3) is 22.5 Å². The molecular weight excluding hydrogens is 220 g/mol. The van der Waals surface area contributed by atoms with Crippen molar-refractivity contribution in [3.63, 3.8) is 0 Å². The molecule has 3 aromatic rings. The predicted octanol–water partition coefficient (Wildman–Crippen LogP) is 4.92. The van der Waals surface area contributed by atoms with Crippen molar-refractivity contribution in [2.75, 3.05) is 0 Å². The third-order valence-electron chi connectivity index (χ3n) is 3.01. The second kappa shape index (κ2) is 4.53. The summed E-state index contributed by atoms with van der Waals surface area (Å²) in [6, 6.07) is 20.7. The van der Waals surface area contributed by atoms with Crippen molar-refractivity contribution in [1.29, 1.82) is 0 Å². The van der Waals surface area contributed by atoms with Gasteiger partial charge in [-0.25, -0.2) is 0 Å². The van der Waals surface area contributed by atoms with E-state index in [1.54, 1.807) is 0 Å². The maximum Gasteiger partial charge on any atom is 0.134 e. The van der Waals surface area contributed by atoms with Crippen molar-refractivity contribution >= 4 is 0 Å². The molecule has 0 N–H and O–H groups in total. The molecule has 88 valence electrons. The molecule has 0 bridgehead atoms. The van der Waals surface area contributed by atoms with Crippen LogP contribution >= 0.6 is 0 Å². The van der Waals surface area contributed by atoms with E-state index in [9.17, 15) is 0 Å². The van der Waals surface area contributed by atoms with Gasteiger partial charge in [-0.3, -0.25) is 0 Å². The topological polar surface area (TPSA) is 13.1 Å². The van der Waals surface area contributed by atoms with Crippen molar-refractivity contribution in [1.82, 2.24) is 0 Å². The van der Waals surface area contributed by atoms with Crippen LogP contribution in [0, 0.1) is 6.92 Å². The van der Waals surface area contributed by atoms with Crippen LogP contribution in [0.1, 0.15) is 5.56 Å². The van der Waals surface area contributed by atoms with Gasteiger partial charge in [0.05, 0.1) is 6.26 Å². The Bertz CT molecular complexity index is 650. The van der Waals surface area contributed by atoms with Crippen LogP contribution in [-0.2, 0) is 0 Å². The molecule has 0 spiro atoms. The largest absolute Gasteiger partial charge is 0.464 e. The zero-order valence-electron chi connectivity index (χ0n) is 10.3. The molecular formula is C17H14O. The first-order chi connectivity index (χ1) is 8.83. The summed E-state index contributed by atoms with van der Waals surface area (Å²) in [6.07, 6.45) is 1.81. The van der Waals surface area contributed by atoms with Crippen molar-refractivity contribution in [3.8, 4) is 22.5 Å². The average molecular weight is 234 g/mol. The van der Waals surface area contributed by atoms with Crippen LogP contribution in [0.15, 0.2) is 71.3 Å². The number of rotatable bonds is 2. The fraction of sp³-hybridized carbons (Fsp3) is 0.0588. The Balaban J connectivity index is 2.00. The summed E-state index contributed by atoms with van der Waals surface area (Å²) in [5.74, 6) is 0.914. The van der Waals surface area contributed by atoms with E-state index >= 15 is 0 Å². The molecule has 1 aromatic heterocycles. The van der Waals surface area contributed by atoms with Gasteiger partial charge in [0.2, 0.25) is 0 Å². The Kier molecular flexibility index (Phi) is 2.73. The summed E-state index contributed by atoms with van der Waals surface area (Å²) in [6.45, 7) is 2.09. The van der Waals surface area contributed by atoms with Gasteiger partial charge in [-0.05, 0) is 24.6 Å². The maximum absolute atomic E-state index is 5.66. The van der Waals surface area contributed by atoms with Gasteiger partial charge < -0.3 is 4.42 Å². The molecule has 3 rings (SSSR count). The monoisotopic (exact) mass is 234 g/mol. The molecule has 1 nitrogen and oxygen atoms in total. The number of hydrogen-bond donors (Lipinski definition) is 0. The molecule has 0 radical (unpaired) electrons. The lowest BCUT2D eigenvalue weighted by atomic mass is 10.1. The van der Waals surface area contributed by atoms with E-state index < -0.39 is 0 Å². The highest BCUT2D eigenvalue weighted by Crippen LogP contribution is 2.28. The molecule has 1 heterocycles. The van der Waals surface area contributed by atoms with Gasteiger partial charge in [0, 0.05) is 11.1 Å². The van der Waals surface area contributed by atoms with Crippen LogP contribution in [0.2, 0.25) is 0 Å². The van der Waals surface area contributed by atoms with E-state index in [-0.39, 0.29) is 0 Å². The summed E-state index contributed by atoms with van der Waals surface area (Å²) in [7, 11) is 0. The Morgan fingerprint density at radius 1 is 0.722 bits per heavy atom.